The van der Waals surface area contributed by atoms with Gasteiger partial charge in [0.15, 0.2) is 0 Å². The Labute approximate surface area is 140 Å². The van der Waals surface area contributed by atoms with E-state index in [0.29, 0.717) is 18.7 Å². The Bertz CT molecular complexity index is 896. The summed E-state index contributed by atoms with van der Waals surface area (Å²) in [6.45, 7) is 7.08. The number of rotatable bonds is 2. The second-order valence-electron chi connectivity index (χ2n) is 7.11. The van der Waals surface area contributed by atoms with Crippen molar-refractivity contribution in [1.29, 1.82) is 0 Å². The fourth-order valence-electron chi connectivity index (χ4n) is 3.77. The van der Waals surface area contributed by atoms with Gasteiger partial charge in [-0.2, -0.15) is 0 Å². The van der Waals surface area contributed by atoms with Crippen molar-refractivity contribution in [1.82, 2.24) is 15.1 Å². The van der Waals surface area contributed by atoms with Crippen LogP contribution >= 0.6 is 0 Å². The summed E-state index contributed by atoms with van der Waals surface area (Å²) in [4.78, 5) is 27.6. The van der Waals surface area contributed by atoms with E-state index >= 15 is 0 Å². The van der Waals surface area contributed by atoms with Crippen LogP contribution in [0.15, 0.2) is 27.4 Å². The molecule has 4 rings (SSSR count). The molecular weight excluding hydrogens is 306 g/mol. The normalized spacial score (nSPS) is 19.8. The predicted molar refractivity (Wildman–Crippen MR) is 91.1 cm³/mol. The molecule has 1 aromatic heterocycles. The van der Waals surface area contributed by atoms with Gasteiger partial charge in [-0.3, -0.25) is 4.90 Å². The minimum atomic E-state index is -0.314. The zero-order valence-corrected chi connectivity index (χ0v) is 14.2. The van der Waals surface area contributed by atoms with Crippen molar-refractivity contribution in [2.75, 3.05) is 26.7 Å². The predicted octanol–water partition coefficient (Wildman–Crippen LogP) is 1.62. The molecule has 3 heterocycles. The molecule has 0 radical (unpaired) electrons. The third-order valence-electron chi connectivity index (χ3n) is 5.46. The summed E-state index contributed by atoms with van der Waals surface area (Å²) in [5, 5.41) is 3.89. The van der Waals surface area contributed by atoms with Crippen LogP contribution in [-0.2, 0) is 6.54 Å². The number of hydrogen-bond acceptors (Lipinski definition) is 4. The zero-order valence-electron chi connectivity index (χ0n) is 14.2. The molecule has 0 unspecified atom stereocenters. The summed E-state index contributed by atoms with van der Waals surface area (Å²) in [6, 6.07) is 5.60. The number of carbonyl (C=O) groups is 1. The first kappa shape index (κ1) is 15.2. The number of urea groups is 1. The van der Waals surface area contributed by atoms with E-state index in [0.717, 1.165) is 29.6 Å². The number of nitrogens with one attached hydrogen (secondary N) is 1. The first-order chi connectivity index (χ1) is 11.4. The summed E-state index contributed by atoms with van der Waals surface area (Å²) < 4.78 is 5.36. The fourth-order valence-corrected chi connectivity index (χ4v) is 3.77. The van der Waals surface area contributed by atoms with Gasteiger partial charge in [-0.25, -0.2) is 9.59 Å². The van der Waals surface area contributed by atoms with Crippen LogP contribution in [0.25, 0.3) is 11.0 Å². The van der Waals surface area contributed by atoms with Crippen LogP contribution in [0.1, 0.15) is 16.7 Å². The molecule has 0 atom stereocenters. The molecule has 2 amide bonds. The van der Waals surface area contributed by atoms with Gasteiger partial charge < -0.3 is 14.6 Å². The van der Waals surface area contributed by atoms with E-state index in [2.05, 4.69) is 23.2 Å². The molecule has 2 fully saturated rings. The average molecular weight is 327 g/mol. The Morgan fingerprint density at radius 2 is 1.88 bits per heavy atom. The minimum Gasteiger partial charge on any atom is -0.423 e. The maximum absolute atomic E-state index is 11.9. The maximum atomic E-state index is 11.9. The molecule has 6 heteroatoms. The van der Waals surface area contributed by atoms with Crippen molar-refractivity contribution in [3.8, 4) is 0 Å². The van der Waals surface area contributed by atoms with Crippen LogP contribution < -0.4 is 10.9 Å². The number of likely N-dealkylation sites (tertiary alicyclic amines) is 1. The van der Waals surface area contributed by atoms with Gasteiger partial charge in [0.25, 0.3) is 0 Å². The highest BCUT2D eigenvalue weighted by Gasteiger charge is 2.51. The van der Waals surface area contributed by atoms with E-state index in [1.54, 1.807) is 11.0 Å². The lowest BCUT2D eigenvalue weighted by atomic mass is 9.89. The molecule has 2 aliphatic rings. The van der Waals surface area contributed by atoms with E-state index < -0.39 is 0 Å². The second kappa shape index (κ2) is 5.08. The highest BCUT2D eigenvalue weighted by molar-refractivity contribution is 5.82. The van der Waals surface area contributed by atoms with Crippen LogP contribution in [0.3, 0.4) is 0 Å². The van der Waals surface area contributed by atoms with Crippen molar-refractivity contribution in [3.63, 3.8) is 0 Å². The van der Waals surface area contributed by atoms with Crippen LogP contribution in [0.5, 0.6) is 0 Å². The van der Waals surface area contributed by atoms with Gasteiger partial charge in [0.1, 0.15) is 5.58 Å². The second-order valence-corrected chi connectivity index (χ2v) is 7.11. The number of nitrogens with zero attached hydrogens (tertiary/aromatic N) is 2. The average Bonchev–Trinajstić information content (AvgIpc) is 2.78. The zero-order chi connectivity index (χ0) is 17.1. The first-order valence-corrected chi connectivity index (χ1v) is 8.16. The van der Waals surface area contributed by atoms with E-state index in [1.807, 2.05) is 20.0 Å². The molecule has 0 bridgehead atoms. The summed E-state index contributed by atoms with van der Waals surface area (Å²) in [5.74, 6) is 0. The third-order valence-corrected chi connectivity index (χ3v) is 5.46. The summed E-state index contributed by atoms with van der Waals surface area (Å²) >= 11 is 0. The lowest BCUT2D eigenvalue weighted by Crippen LogP contribution is -2.68. The number of likely N-dealkylation sites (N-methyl/N-ethyl adjacent to an activating group) is 1. The lowest BCUT2D eigenvalue weighted by Gasteiger charge is -2.50. The number of hydrogen-bond donors (Lipinski definition) is 1. The van der Waals surface area contributed by atoms with Crippen LogP contribution in [0.4, 0.5) is 4.79 Å². The van der Waals surface area contributed by atoms with Gasteiger partial charge in [-0.1, -0.05) is 0 Å². The Balaban J connectivity index is 1.61. The Hall–Kier alpha value is -2.34. The molecule has 6 nitrogen and oxygen atoms in total. The number of fused-ring (bicyclic) bond motifs is 1. The van der Waals surface area contributed by atoms with E-state index in [1.165, 1.54) is 5.56 Å². The van der Waals surface area contributed by atoms with Crippen molar-refractivity contribution in [2.24, 2.45) is 0 Å². The lowest BCUT2D eigenvalue weighted by molar-refractivity contribution is -0.000862. The Morgan fingerprint density at radius 1 is 1.17 bits per heavy atom. The summed E-state index contributed by atoms with van der Waals surface area (Å²) in [6.07, 6.45) is 0. The quantitative estimate of drug-likeness (QED) is 0.851. The topological polar surface area (TPSA) is 65.8 Å². The van der Waals surface area contributed by atoms with Crippen LogP contribution in [0.2, 0.25) is 0 Å². The Morgan fingerprint density at radius 3 is 2.54 bits per heavy atom. The third kappa shape index (κ3) is 2.21. The number of aryl methyl sites for hydroxylation is 2. The highest BCUT2D eigenvalue weighted by Crippen LogP contribution is 2.32. The van der Waals surface area contributed by atoms with Crippen molar-refractivity contribution < 1.29 is 9.21 Å². The maximum Gasteiger partial charge on any atom is 0.336 e. The van der Waals surface area contributed by atoms with Crippen LogP contribution in [0, 0.1) is 13.8 Å². The van der Waals surface area contributed by atoms with E-state index in [-0.39, 0.29) is 17.2 Å². The van der Waals surface area contributed by atoms with E-state index in [4.69, 9.17) is 4.42 Å². The van der Waals surface area contributed by atoms with Crippen molar-refractivity contribution in [2.45, 2.75) is 25.9 Å². The van der Waals surface area contributed by atoms with Gasteiger partial charge >= 0.3 is 11.7 Å². The molecule has 0 aliphatic carbocycles. The number of benzene rings is 1. The molecule has 0 saturated carbocycles. The van der Waals surface area contributed by atoms with Gasteiger partial charge in [-0.05, 0) is 42.7 Å². The van der Waals surface area contributed by atoms with Crippen LogP contribution in [-0.4, -0.2) is 48.1 Å². The molecule has 2 saturated heterocycles. The smallest absolute Gasteiger partial charge is 0.336 e. The molecule has 2 aromatic rings. The largest absolute Gasteiger partial charge is 0.423 e. The summed E-state index contributed by atoms with van der Waals surface area (Å²) in [7, 11) is 1.85. The molecule has 1 spiro atoms. The standard InChI is InChI=1S/C18H21N3O3/c1-11-4-14-13(6-16(22)24-15(14)5-12(11)2)7-21-9-18(10-21)8-19-17(23)20(18)3/h4-6H,7-10H2,1-3H3,(H,19,23). The molecule has 1 N–H and O–H groups in total. The number of carbonyl (C=O) groups excluding carboxylic acids is 1. The van der Waals surface area contributed by atoms with Crippen molar-refractivity contribution >= 4 is 17.0 Å². The Kier molecular flexibility index (Phi) is 3.22. The fraction of sp³-hybridized carbons (Fsp3) is 0.444. The summed E-state index contributed by atoms with van der Waals surface area (Å²) in [5.41, 5.74) is 3.51. The first-order valence-electron chi connectivity index (χ1n) is 8.16. The molecule has 2 aliphatic heterocycles. The highest BCUT2D eigenvalue weighted by atomic mass is 16.4. The van der Waals surface area contributed by atoms with E-state index in [9.17, 15) is 9.59 Å². The monoisotopic (exact) mass is 327 g/mol. The molecule has 126 valence electrons. The van der Waals surface area contributed by atoms with Gasteiger partial charge in [0.05, 0.1) is 5.54 Å². The van der Waals surface area contributed by atoms with Crippen molar-refractivity contribution in [3.05, 3.63) is 45.3 Å². The molecule has 1 aromatic carbocycles. The SMILES string of the molecule is Cc1cc2oc(=O)cc(CN3CC4(CNC(=O)N4C)C3)c2cc1C. The van der Waals surface area contributed by atoms with Gasteiger partial charge in [0.2, 0.25) is 0 Å². The molecular formula is C18H21N3O3. The van der Waals surface area contributed by atoms with Gasteiger partial charge in [0, 0.05) is 44.7 Å². The minimum absolute atomic E-state index is 0.00782. The molecule has 24 heavy (non-hydrogen) atoms. The number of amides is 2. The van der Waals surface area contributed by atoms with Gasteiger partial charge in [-0.15, -0.1) is 0 Å².